The van der Waals surface area contributed by atoms with Crippen molar-refractivity contribution in [1.29, 1.82) is 0 Å². The van der Waals surface area contributed by atoms with Crippen LogP contribution in [0.4, 0.5) is 10.7 Å². The fourth-order valence-electron chi connectivity index (χ4n) is 2.54. The Morgan fingerprint density at radius 3 is 2.74 bits per heavy atom. The van der Waals surface area contributed by atoms with Crippen molar-refractivity contribution in [3.8, 4) is 0 Å². The second-order valence-corrected chi connectivity index (χ2v) is 7.28. The summed E-state index contributed by atoms with van der Waals surface area (Å²) in [5.41, 5.74) is 3.16. The number of nitro groups is 1. The maximum Gasteiger partial charge on any atom is 0.324 e. The molecule has 2 aromatic carbocycles. The first-order valence-electron chi connectivity index (χ1n) is 7.99. The van der Waals surface area contributed by atoms with E-state index < -0.39 is 4.92 Å². The molecule has 2 heterocycles. The number of fused-ring (bicyclic) bond motifs is 1. The van der Waals surface area contributed by atoms with Gasteiger partial charge < -0.3 is 4.42 Å². The van der Waals surface area contributed by atoms with Crippen LogP contribution in [-0.2, 0) is 6.42 Å². The first-order chi connectivity index (χ1) is 13.1. The molecule has 4 rings (SSSR count). The number of hydrogen-bond acceptors (Lipinski definition) is 6. The minimum atomic E-state index is -0.411. The van der Waals surface area contributed by atoms with Gasteiger partial charge in [0.2, 0.25) is 0 Å². The van der Waals surface area contributed by atoms with E-state index in [1.807, 2.05) is 42.5 Å². The lowest BCUT2D eigenvalue weighted by atomic mass is 10.1. The molecule has 0 aliphatic heterocycles. The summed E-state index contributed by atoms with van der Waals surface area (Å²) >= 11 is 6.98. The Labute approximate surface area is 162 Å². The molecule has 0 saturated carbocycles. The summed E-state index contributed by atoms with van der Waals surface area (Å²) in [4.78, 5) is 19.9. The van der Waals surface area contributed by atoms with Gasteiger partial charge in [0.1, 0.15) is 5.52 Å². The molecule has 2 aromatic heterocycles. The third-order valence-electron chi connectivity index (χ3n) is 3.82. The quantitative estimate of drug-likeness (QED) is 0.242. The molecule has 8 heteroatoms. The lowest BCUT2D eigenvalue weighted by Gasteiger charge is -1.96. The zero-order valence-corrected chi connectivity index (χ0v) is 15.4. The first-order valence-corrected chi connectivity index (χ1v) is 9.18. The lowest BCUT2D eigenvalue weighted by Crippen LogP contribution is -1.87. The van der Waals surface area contributed by atoms with E-state index in [4.69, 9.17) is 16.0 Å². The summed E-state index contributed by atoms with van der Waals surface area (Å²) < 4.78 is 5.78. The molecule has 27 heavy (non-hydrogen) atoms. The molecule has 0 N–H and O–H groups in total. The largest absolute Gasteiger partial charge is 0.440 e. The molecule has 0 unspecified atom stereocenters. The number of benzene rings is 2. The van der Waals surface area contributed by atoms with Crippen molar-refractivity contribution in [2.75, 3.05) is 0 Å². The van der Waals surface area contributed by atoms with Crippen molar-refractivity contribution in [1.82, 2.24) is 4.98 Å². The van der Waals surface area contributed by atoms with Crippen LogP contribution in [0, 0.1) is 10.1 Å². The molecule has 134 valence electrons. The third kappa shape index (κ3) is 4.05. The maximum atomic E-state index is 10.7. The molecule has 0 aliphatic carbocycles. The van der Waals surface area contributed by atoms with E-state index in [1.54, 1.807) is 12.3 Å². The van der Waals surface area contributed by atoms with Crippen LogP contribution in [0.2, 0.25) is 5.02 Å². The van der Waals surface area contributed by atoms with Crippen LogP contribution in [0.3, 0.4) is 0 Å². The van der Waals surface area contributed by atoms with Gasteiger partial charge in [-0.2, -0.15) is 0 Å². The fourth-order valence-corrected chi connectivity index (χ4v) is 3.36. The average molecular weight is 398 g/mol. The molecule has 0 amide bonds. The molecule has 0 spiro atoms. The molecular weight excluding hydrogens is 386 g/mol. The number of thiophene rings is 1. The summed E-state index contributed by atoms with van der Waals surface area (Å²) in [5, 5.41) is 11.5. The van der Waals surface area contributed by atoms with Crippen molar-refractivity contribution >= 4 is 50.9 Å². The highest BCUT2D eigenvalue weighted by atomic mass is 35.5. The molecule has 0 fully saturated rings. The molecule has 0 saturated heterocycles. The molecule has 0 atom stereocenters. The number of hydrogen-bond donors (Lipinski definition) is 0. The lowest BCUT2D eigenvalue weighted by molar-refractivity contribution is -0.380. The van der Waals surface area contributed by atoms with Gasteiger partial charge in [-0.3, -0.25) is 15.1 Å². The van der Waals surface area contributed by atoms with E-state index in [1.165, 1.54) is 6.07 Å². The Morgan fingerprint density at radius 2 is 2.00 bits per heavy atom. The maximum absolute atomic E-state index is 10.7. The highest BCUT2D eigenvalue weighted by Gasteiger charge is 2.09. The van der Waals surface area contributed by atoms with Gasteiger partial charge in [0.25, 0.3) is 0 Å². The number of nitrogens with zero attached hydrogens (tertiary/aromatic N) is 3. The molecule has 6 nitrogen and oxygen atoms in total. The van der Waals surface area contributed by atoms with Gasteiger partial charge in [-0.05, 0) is 42.0 Å². The zero-order chi connectivity index (χ0) is 18.8. The number of halogens is 1. The van der Waals surface area contributed by atoms with Crippen LogP contribution >= 0.6 is 22.9 Å². The highest BCUT2D eigenvalue weighted by molar-refractivity contribution is 7.16. The van der Waals surface area contributed by atoms with Gasteiger partial charge in [-0.1, -0.05) is 35.1 Å². The second-order valence-electron chi connectivity index (χ2n) is 5.75. The van der Waals surface area contributed by atoms with Crippen LogP contribution in [0.25, 0.3) is 11.1 Å². The van der Waals surface area contributed by atoms with Crippen molar-refractivity contribution < 1.29 is 9.34 Å². The summed E-state index contributed by atoms with van der Waals surface area (Å²) in [6, 6.07) is 16.1. The van der Waals surface area contributed by atoms with Crippen LogP contribution in [0.5, 0.6) is 0 Å². The van der Waals surface area contributed by atoms with Crippen molar-refractivity contribution in [2.24, 2.45) is 4.99 Å². The minimum Gasteiger partial charge on any atom is -0.440 e. The SMILES string of the molecule is O=[N+]([O-])c1ccc(C=Nc2ccc3oc(Cc4ccc(Cl)cc4)nc3c2)s1. The summed E-state index contributed by atoms with van der Waals surface area (Å²) in [6.07, 6.45) is 2.18. The topological polar surface area (TPSA) is 81.5 Å². The van der Waals surface area contributed by atoms with Crippen LogP contribution in [0.15, 0.2) is 64.0 Å². The summed E-state index contributed by atoms with van der Waals surface area (Å²) in [6.45, 7) is 0. The van der Waals surface area contributed by atoms with E-state index in [2.05, 4.69) is 9.98 Å². The predicted octanol–water partition coefficient (Wildman–Crippen LogP) is 5.79. The smallest absolute Gasteiger partial charge is 0.324 e. The zero-order valence-electron chi connectivity index (χ0n) is 13.8. The minimum absolute atomic E-state index is 0.0928. The van der Waals surface area contributed by atoms with Crippen LogP contribution < -0.4 is 0 Å². The van der Waals surface area contributed by atoms with Gasteiger partial charge in [0.15, 0.2) is 11.5 Å². The molecule has 0 radical (unpaired) electrons. The van der Waals surface area contributed by atoms with Gasteiger partial charge in [0, 0.05) is 23.7 Å². The molecule has 0 aliphatic rings. The Morgan fingerprint density at radius 1 is 1.19 bits per heavy atom. The highest BCUT2D eigenvalue weighted by Crippen LogP contribution is 2.25. The third-order valence-corrected chi connectivity index (χ3v) is 5.04. The van der Waals surface area contributed by atoms with Gasteiger partial charge in [-0.15, -0.1) is 0 Å². The summed E-state index contributed by atoms with van der Waals surface area (Å²) in [7, 11) is 0. The Kier molecular flexibility index (Phi) is 4.70. The summed E-state index contributed by atoms with van der Waals surface area (Å²) in [5.74, 6) is 0.613. The number of aromatic nitrogens is 1. The van der Waals surface area contributed by atoms with Crippen molar-refractivity contribution in [3.05, 3.63) is 86.1 Å². The van der Waals surface area contributed by atoms with E-state index in [0.717, 1.165) is 16.9 Å². The standard InChI is InChI=1S/C19H12ClN3O3S/c20-13-3-1-12(2-4-13)9-18-22-16-10-14(5-7-17(16)26-18)21-11-15-6-8-19(27-15)23(24)25/h1-8,10-11H,9H2. The van der Waals surface area contributed by atoms with Crippen molar-refractivity contribution in [3.63, 3.8) is 0 Å². The predicted molar refractivity (Wildman–Crippen MR) is 106 cm³/mol. The van der Waals surface area contributed by atoms with Gasteiger partial charge in [-0.25, -0.2) is 4.98 Å². The first kappa shape index (κ1) is 17.4. The second kappa shape index (κ2) is 7.30. The number of rotatable bonds is 5. The van der Waals surface area contributed by atoms with E-state index in [-0.39, 0.29) is 5.00 Å². The Bertz CT molecular complexity index is 1150. The van der Waals surface area contributed by atoms with Crippen LogP contribution in [-0.4, -0.2) is 16.1 Å². The van der Waals surface area contributed by atoms with Gasteiger partial charge >= 0.3 is 5.00 Å². The normalized spacial score (nSPS) is 11.4. The Hall–Kier alpha value is -3.03. The van der Waals surface area contributed by atoms with E-state index in [0.29, 0.717) is 39.0 Å². The van der Waals surface area contributed by atoms with Crippen molar-refractivity contribution in [2.45, 2.75) is 6.42 Å². The fraction of sp³-hybridized carbons (Fsp3) is 0.0526. The molecule has 0 bridgehead atoms. The number of oxazole rings is 1. The van der Waals surface area contributed by atoms with Crippen LogP contribution in [0.1, 0.15) is 16.3 Å². The van der Waals surface area contributed by atoms with E-state index in [9.17, 15) is 10.1 Å². The van der Waals surface area contributed by atoms with Gasteiger partial charge in [0.05, 0.1) is 15.5 Å². The molecule has 4 aromatic rings. The van der Waals surface area contributed by atoms with E-state index >= 15 is 0 Å². The Balaban J connectivity index is 1.54. The molecular formula is C19H12ClN3O3S. The average Bonchev–Trinajstić information content (AvgIpc) is 3.28. The monoisotopic (exact) mass is 397 g/mol. The number of aliphatic imine (C=N–C) groups is 1.